The van der Waals surface area contributed by atoms with Gasteiger partial charge >= 0.3 is 0 Å². The Morgan fingerprint density at radius 1 is 1.13 bits per heavy atom. The Morgan fingerprint density at radius 2 is 2.00 bits per heavy atom. The zero-order chi connectivity index (χ0) is 21.8. The van der Waals surface area contributed by atoms with Crippen LogP contribution in [0.2, 0.25) is 0 Å². The summed E-state index contributed by atoms with van der Waals surface area (Å²) in [5.41, 5.74) is 5.14. The third-order valence-electron chi connectivity index (χ3n) is 5.35. The van der Waals surface area contributed by atoms with E-state index in [9.17, 15) is 4.79 Å². The normalized spacial score (nSPS) is 16.7. The van der Waals surface area contributed by atoms with E-state index in [0.717, 1.165) is 34.5 Å². The molecule has 1 aliphatic heterocycles. The van der Waals surface area contributed by atoms with Gasteiger partial charge in [0.05, 0.1) is 24.9 Å². The van der Waals surface area contributed by atoms with E-state index < -0.39 is 0 Å². The van der Waals surface area contributed by atoms with E-state index >= 15 is 0 Å². The number of ether oxygens (including phenoxy) is 2. The van der Waals surface area contributed by atoms with E-state index in [1.807, 2.05) is 63.4 Å². The van der Waals surface area contributed by atoms with Crippen molar-refractivity contribution in [2.45, 2.75) is 39.3 Å². The Morgan fingerprint density at radius 3 is 2.68 bits per heavy atom. The molecule has 1 amide bonds. The minimum Gasteiger partial charge on any atom is -0.488 e. The smallest absolute Gasteiger partial charge is 0.251 e. The number of pyridine rings is 2. The number of carbonyl (C=O) groups is 1. The second-order valence-electron chi connectivity index (χ2n) is 8.00. The van der Waals surface area contributed by atoms with E-state index in [-0.39, 0.29) is 18.1 Å². The standard InChI is InChI=1S/C25H27N3O3/c1-16-4-7-24(27-13-16)20-10-21(12-23(11-20)31-22-8-9-30-15-22)25(29)28-18(3)19-6-5-17(2)26-14-19/h4-7,10-14,18,22H,8-9,15H2,1-3H3,(H,28,29). The molecule has 1 fully saturated rings. The molecule has 2 aromatic heterocycles. The van der Waals surface area contributed by atoms with Crippen molar-refractivity contribution in [1.29, 1.82) is 0 Å². The van der Waals surface area contributed by atoms with Crippen LogP contribution in [-0.4, -0.2) is 35.2 Å². The Labute approximate surface area is 182 Å². The van der Waals surface area contributed by atoms with E-state index in [1.54, 1.807) is 12.3 Å². The number of nitrogens with one attached hydrogen (secondary N) is 1. The second kappa shape index (κ2) is 9.27. The summed E-state index contributed by atoms with van der Waals surface area (Å²) >= 11 is 0. The first-order valence-electron chi connectivity index (χ1n) is 10.5. The molecule has 1 N–H and O–H groups in total. The molecule has 0 saturated carbocycles. The van der Waals surface area contributed by atoms with Gasteiger partial charge < -0.3 is 14.8 Å². The van der Waals surface area contributed by atoms with Crippen molar-refractivity contribution in [3.63, 3.8) is 0 Å². The number of aromatic nitrogens is 2. The maximum absolute atomic E-state index is 13.1. The van der Waals surface area contributed by atoms with Crippen LogP contribution in [0.5, 0.6) is 5.75 Å². The number of hydrogen-bond donors (Lipinski definition) is 1. The lowest BCUT2D eigenvalue weighted by Gasteiger charge is -2.17. The molecule has 2 unspecified atom stereocenters. The number of carbonyl (C=O) groups excluding carboxylic acids is 1. The molecule has 1 saturated heterocycles. The predicted octanol–water partition coefficient (Wildman–Crippen LogP) is 4.42. The number of amides is 1. The van der Waals surface area contributed by atoms with Gasteiger partial charge in [0.15, 0.2) is 0 Å². The fourth-order valence-corrected chi connectivity index (χ4v) is 3.48. The zero-order valence-corrected chi connectivity index (χ0v) is 18.1. The topological polar surface area (TPSA) is 73.3 Å². The van der Waals surface area contributed by atoms with Crippen molar-refractivity contribution >= 4 is 5.91 Å². The first kappa shape index (κ1) is 21.0. The monoisotopic (exact) mass is 417 g/mol. The number of aryl methyl sites for hydroxylation is 2. The maximum atomic E-state index is 13.1. The first-order chi connectivity index (χ1) is 15.0. The maximum Gasteiger partial charge on any atom is 0.251 e. The lowest BCUT2D eigenvalue weighted by atomic mass is 10.0. The number of rotatable bonds is 6. The molecule has 0 radical (unpaired) electrons. The van der Waals surface area contributed by atoms with Gasteiger partial charge in [-0.15, -0.1) is 0 Å². The van der Waals surface area contributed by atoms with Crippen LogP contribution in [-0.2, 0) is 4.74 Å². The molecule has 0 bridgehead atoms. The molecule has 3 heterocycles. The molecule has 1 aromatic carbocycles. The number of hydrogen-bond acceptors (Lipinski definition) is 5. The molecule has 1 aliphatic rings. The molecular formula is C25H27N3O3. The number of benzene rings is 1. The Bertz CT molecular complexity index is 1040. The van der Waals surface area contributed by atoms with Gasteiger partial charge in [0.1, 0.15) is 11.9 Å². The highest BCUT2D eigenvalue weighted by Gasteiger charge is 2.20. The van der Waals surface area contributed by atoms with Gasteiger partial charge in [-0.2, -0.15) is 0 Å². The van der Waals surface area contributed by atoms with Gasteiger partial charge in [-0.1, -0.05) is 12.1 Å². The summed E-state index contributed by atoms with van der Waals surface area (Å²) in [4.78, 5) is 21.9. The fourth-order valence-electron chi connectivity index (χ4n) is 3.48. The highest BCUT2D eigenvalue weighted by molar-refractivity contribution is 5.96. The van der Waals surface area contributed by atoms with Crippen LogP contribution in [0.25, 0.3) is 11.3 Å². The van der Waals surface area contributed by atoms with Crippen LogP contribution < -0.4 is 10.1 Å². The molecule has 0 aliphatic carbocycles. The summed E-state index contributed by atoms with van der Waals surface area (Å²) in [5.74, 6) is 0.472. The third kappa shape index (κ3) is 5.27. The van der Waals surface area contributed by atoms with Crippen molar-refractivity contribution in [3.8, 4) is 17.0 Å². The van der Waals surface area contributed by atoms with Crippen molar-refractivity contribution < 1.29 is 14.3 Å². The lowest BCUT2D eigenvalue weighted by Crippen LogP contribution is -2.27. The Kier molecular flexibility index (Phi) is 6.28. The molecule has 160 valence electrons. The third-order valence-corrected chi connectivity index (χ3v) is 5.35. The summed E-state index contributed by atoms with van der Waals surface area (Å²) in [6, 6.07) is 13.3. The average Bonchev–Trinajstić information content (AvgIpc) is 3.27. The molecule has 3 aromatic rings. The van der Waals surface area contributed by atoms with Crippen LogP contribution in [0.4, 0.5) is 0 Å². The van der Waals surface area contributed by atoms with Gasteiger partial charge in [0, 0.05) is 35.6 Å². The van der Waals surface area contributed by atoms with E-state index in [4.69, 9.17) is 9.47 Å². The molecule has 4 rings (SSSR count). The van der Waals surface area contributed by atoms with E-state index in [1.165, 1.54) is 0 Å². The van der Waals surface area contributed by atoms with Crippen molar-refractivity contribution in [3.05, 3.63) is 77.2 Å². The lowest BCUT2D eigenvalue weighted by molar-refractivity contribution is 0.0938. The summed E-state index contributed by atoms with van der Waals surface area (Å²) < 4.78 is 11.5. The molecule has 6 nitrogen and oxygen atoms in total. The van der Waals surface area contributed by atoms with Crippen LogP contribution >= 0.6 is 0 Å². The van der Waals surface area contributed by atoms with E-state index in [2.05, 4.69) is 15.3 Å². The van der Waals surface area contributed by atoms with Crippen LogP contribution in [0, 0.1) is 13.8 Å². The van der Waals surface area contributed by atoms with Crippen molar-refractivity contribution in [1.82, 2.24) is 15.3 Å². The second-order valence-corrected chi connectivity index (χ2v) is 8.00. The predicted molar refractivity (Wildman–Crippen MR) is 119 cm³/mol. The van der Waals surface area contributed by atoms with Crippen molar-refractivity contribution in [2.24, 2.45) is 0 Å². The summed E-state index contributed by atoms with van der Waals surface area (Å²) in [6.07, 6.45) is 4.45. The first-order valence-corrected chi connectivity index (χ1v) is 10.5. The molecule has 31 heavy (non-hydrogen) atoms. The Hall–Kier alpha value is -3.25. The SMILES string of the molecule is Cc1ccc(-c2cc(OC3CCOC3)cc(C(=O)NC(C)c3ccc(C)nc3)c2)nc1. The van der Waals surface area contributed by atoms with Gasteiger partial charge in [0.2, 0.25) is 0 Å². The van der Waals surface area contributed by atoms with Crippen LogP contribution in [0.3, 0.4) is 0 Å². The Balaban J connectivity index is 1.61. The molecule has 6 heteroatoms. The summed E-state index contributed by atoms with van der Waals surface area (Å²) in [7, 11) is 0. The summed E-state index contributed by atoms with van der Waals surface area (Å²) in [6.45, 7) is 7.14. The van der Waals surface area contributed by atoms with Crippen molar-refractivity contribution in [2.75, 3.05) is 13.2 Å². The number of nitrogens with zero attached hydrogens (tertiary/aromatic N) is 2. The highest BCUT2D eigenvalue weighted by atomic mass is 16.5. The van der Waals surface area contributed by atoms with Gasteiger partial charge in [-0.05, 0) is 62.2 Å². The quantitative estimate of drug-likeness (QED) is 0.643. The molecule has 0 spiro atoms. The summed E-state index contributed by atoms with van der Waals surface area (Å²) in [5, 5.41) is 3.06. The van der Waals surface area contributed by atoms with Crippen LogP contribution in [0.1, 0.15) is 46.6 Å². The molecular weight excluding hydrogens is 390 g/mol. The van der Waals surface area contributed by atoms with Gasteiger partial charge in [-0.25, -0.2) is 0 Å². The minimum atomic E-state index is -0.172. The zero-order valence-electron chi connectivity index (χ0n) is 18.1. The van der Waals surface area contributed by atoms with Crippen LogP contribution in [0.15, 0.2) is 54.9 Å². The fraction of sp³-hybridized carbons (Fsp3) is 0.320. The van der Waals surface area contributed by atoms with Gasteiger partial charge in [-0.3, -0.25) is 14.8 Å². The largest absolute Gasteiger partial charge is 0.488 e. The van der Waals surface area contributed by atoms with Gasteiger partial charge in [0.25, 0.3) is 5.91 Å². The highest BCUT2D eigenvalue weighted by Crippen LogP contribution is 2.27. The van der Waals surface area contributed by atoms with E-state index in [0.29, 0.717) is 24.5 Å². The minimum absolute atomic E-state index is 0.00491. The molecule has 2 atom stereocenters. The average molecular weight is 418 g/mol.